The lowest BCUT2D eigenvalue weighted by Crippen LogP contribution is -2.25. The summed E-state index contributed by atoms with van der Waals surface area (Å²) in [6.45, 7) is 5.15. The fourth-order valence-corrected chi connectivity index (χ4v) is 3.82. The van der Waals surface area contributed by atoms with Gasteiger partial charge in [-0.3, -0.25) is 9.36 Å². The number of nitrogens with two attached hydrogens (primary N) is 1. The quantitative estimate of drug-likeness (QED) is 0.495. The van der Waals surface area contributed by atoms with E-state index in [1.807, 2.05) is 37.3 Å². The molecule has 8 nitrogen and oxygen atoms in total. The minimum Gasteiger partial charge on any atom is -0.383 e. The number of allylic oxidation sites excluding steroid dienone is 4. The maximum atomic E-state index is 14.8. The molecule has 32 heavy (non-hydrogen) atoms. The van der Waals surface area contributed by atoms with Crippen molar-refractivity contribution in [1.29, 1.82) is 5.26 Å². The molecular formula is C23H20FN7O. The number of anilines is 1. The Kier molecular flexibility index (Phi) is 5.28. The number of aromatic nitrogens is 5. The predicted octanol–water partition coefficient (Wildman–Crippen LogP) is 3.69. The summed E-state index contributed by atoms with van der Waals surface area (Å²) in [7, 11) is 0. The van der Waals surface area contributed by atoms with E-state index in [4.69, 9.17) is 5.73 Å². The Hall–Kier alpha value is -4.32. The minimum atomic E-state index is -0.529. The van der Waals surface area contributed by atoms with E-state index in [2.05, 4.69) is 15.1 Å². The molecule has 0 fully saturated rings. The van der Waals surface area contributed by atoms with E-state index in [0.717, 1.165) is 10.9 Å². The van der Waals surface area contributed by atoms with Crippen molar-refractivity contribution in [3.8, 4) is 6.07 Å². The Balaban J connectivity index is 2.04. The van der Waals surface area contributed by atoms with Gasteiger partial charge in [0, 0.05) is 5.69 Å². The maximum Gasteiger partial charge on any atom is 0.263 e. The number of halogens is 1. The van der Waals surface area contributed by atoms with E-state index in [-0.39, 0.29) is 29.3 Å². The van der Waals surface area contributed by atoms with Gasteiger partial charge in [-0.2, -0.15) is 10.4 Å². The molecule has 4 aromatic rings. The number of hydrogen-bond acceptors (Lipinski definition) is 6. The van der Waals surface area contributed by atoms with Gasteiger partial charge in [0.1, 0.15) is 24.0 Å². The average Bonchev–Trinajstić information content (AvgIpc) is 3.12. The van der Waals surface area contributed by atoms with Crippen LogP contribution in [0.3, 0.4) is 0 Å². The number of nitrogen functional groups attached to an aromatic ring is 1. The molecule has 0 amide bonds. The first-order chi connectivity index (χ1) is 15.4. The third-order valence-electron chi connectivity index (χ3n) is 5.30. The van der Waals surface area contributed by atoms with Crippen LogP contribution in [0.5, 0.6) is 0 Å². The molecule has 0 radical (unpaired) electrons. The second-order valence-electron chi connectivity index (χ2n) is 7.32. The highest BCUT2D eigenvalue weighted by Crippen LogP contribution is 2.24. The monoisotopic (exact) mass is 429 g/mol. The molecule has 0 spiro atoms. The molecule has 3 aromatic heterocycles. The summed E-state index contributed by atoms with van der Waals surface area (Å²) in [4.78, 5) is 21.7. The van der Waals surface area contributed by atoms with Crippen LogP contribution in [0.2, 0.25) is 0 Å². The molecule has 0 aliphatic carbocycles. The normalized spacial score (nSPS) is 12.5. The van der Waals surface area contributed by atoms with Crippen molar-refractivity contribution in [2.75, 3.05) is 5.73 Å². The van der Waals surface area contributed by atoms with Crippen LogP contribution in [-0.2, 0) is 6.54 Å². The molecule has 9 heteroatoms. The molecule has 0 unspecified atom stereocenters. The van der Waals surface area contributed by atoms with E-state index in [0.29, 0.717) is 22.1 Å². The van der Waals surface area contributed by atoms with Crippen LogP contribution >= 0.6 is 0 Å². The van der Waals surface area contributed by atoms with Gasteiger partial charge in [0.25, 0.3) is 5.56 Å². The largest absolute Gasteiger partial charge is 0.383 e. The highest BCUT2D eigenvalue weighted by Gasteiger charge is 2.19. The van der Waals surface area contributed by atoms with E-state index in [1.165, 1.54) is 21.7 Å². The topological polar surface area (TPSA) is 115 Å². The fraction of sp³-hybridized carbons (Fsp3) is 0.174. The van der Waals surface area contributed by atoms with Crippen LogP contribution < -0.4 is 11.3 Å². The lowest BCUT2D eigenvalue weighted by molar-refractivity contribution is 0.643. The van der Waals surface area contributed by atoms with Crippen molar-refractivity contribution < 1.29 is 4.39 Å². The fourth-order valence-electron chi connectivity index (χ4n) is 3.82. The third kappa shape index (κ3) is 3.32. The molecule has 4 rings (SSSR count). The Morgan fingerprint density at radius 2 is 2.09 bits per heavy atom. The van der Waals surface area contributed by atoms with Crippen LogP contribution in [0.4, 0.5) is 10.2 Å². The zero-order chi connectivity index (χ0) is 23.0. The molecule has 3 heterocycles. The highest BCUT2D eigenvalue weighted by molar-refractivity contribution is 5.90. The van der Waals surface area contributed by atoms with Gasteiger partial charge in [-0.1, -0.05) is 24.3 Å². The lowest BCUT2D eigenvalue weighted by atomic mass is 10.1. The van der Waals surface area contributed by atoms with Crippen molar-refractivity contribution in [3.63, 3.8) is 0 Å². The van der Waals surface area contributed by atoms with E-state index in [1.54, 1.807) is 19.9 Å². The Morgan fingerprint density at radius 1 is 1.31 bits per heavy atom. The standard InChI is InChI=1S/C23H20FN7O/c1-4-6-17(24)14(3)31-16(9-15-8-5-7-13(2)19(15)23(31)32)11-30-22-20(18(10-25)29-30)21(26)27-12-28-22/h4-9,12H,11H2,1-3H3,(H2,26,27,28)/b6-4-,17-14-. The molecule has 0 saturated carbocycles. The van der Waals surface area contributed by atoms with Gasteiger partial charge in [-0.25, -0.2) is 19.0 Å². The Labute approximate surface area is 182 Å². The summed E-state index contributed by atoms with van der Waals surface area (Å²) in [5, 5.41) is 15.4. The number of nitriles is 1. The van der Waals surface area contributed by atoms with Crippen LogP contribution in [0, 0.1) is 18.3 Å². The van der Waals surface area contributed by atoms with Gasteiger partial charge in [0.15, 0.2) is 11.3 Å². The average molecular weight is 429 g/mol. The first-order valence-corrected chi connectivity index (χ1v) is 9.88. The van der Waals surface area contributed by atoms with Crippen molar-refractivity contribution in [3.05, 3.63) is 75.9 Å². The predicted molar refractivity (Wildman–Crippen MR) is 121 cm³/mol. The number of rotatable bonds is 4. The van der Waals surface area contributed by atoms with E-state index >= 15 is 0 Å². The van der Waals surface area contributed by atoms with Crippen molar-refractivity contribution >= 4 is 33.3 Å². The molecular weight excluding hydrogens is 409 g/mol. The van der Waals surface area contributed by atoms with Gasteiger partial charge in [0.2, 0.25) is 0 Å². The van der Waals surface area contributed by atoms with Crippen LogP contribution in [0.15, 0.2) is 53.4 Å². The number of nitrogens with zero attached hydrogens (tertiary/aromatic N) is 6. The smallest absolute Gasteiger partial charge is 0.263 e. The SMILES string of the molecule is C/C=C\C(F)=C(/C)n1c(Cn2nc(C#N)c3c(N)ncnc32)cc2cccc(C)c2c1=O. The summed E-state index contributed by atoms with van der Waals surface area (Å²) in [5.41, 5.74) is 7.46. The van der Waals surface area contributed by atoms with Gasteiger partial charge >= 0.3 is 0 Å². The van der Waals surface area contributed by atoms with Crippen molar-refractivity contribution in [2.24, 2.45) is 0 Å². The Bertz CT molecular complexity index is 1540. The molecule has 0 atom stereocenters. The zero-order valence-electron chi connectivity index (χ0n) is 17.8. The van der Waals surface area contributed by atoms with E-state index in [9.17, 15) is 14.4 Å². The first-order valence-electron chi connectivity index (χ1n) is 9.88. The third-order valence-corrected chi connectivity index (χ3v) is 5.30. The Morgan fingerprint density at radius 3 is 2.81 bits per heavy atom. The molecule has 0 aliphatic heterocycles. The van der Waals surface area contributed by atoms with Crippen LogP contribution in [-0.4, -0.2) is 24.3 Å². The van der Waals surface area contributed by atoms with Crippen molar-refractivity contribution in [2.45, 2.75) is 27.3 Å². The molecule has 160 valence electrons. The van der Waals surface area contributed by atoms with E-state index < -0.39 is 5.83 Å². The van der Waals surface area contributed by atoms with Gasteiger partial charge < -0.3 is 5.73 Å². The zero-order valence-corrected chi connectivity index (χ0v) is 17.8. The second kappa shape index (κ2) is 8.07. The summed E-state index contributed by atoms with van der Waals surface area (Å²) < 4.78 is 17.6. The summed E-state index contributed by atoms with van der Waals surface area (Å²) in [5.74, 6) is -0.391. The minimum absolute atomic E-state index is 0.0637. The number of aryl methyl sites for hydroxylation is 1. The number of fused-ring (bicyclic) bond motifs is 2. The molecule has 0 bridgehead atoms. The van der Waals surface area contributed by atoms with Gasteiger partial charge in [-0.05, 0) is 43.9 Å². The summed E-state index contributed by atoms with van der Waals surface area (Å²) >= 11 is 0. The maximum absolute atomic E-state index is 14.8. The number of pyridine rings is 1. The molecule has 0 saturated heterocycles. The van der Waals surface area contributed by atoms with Crippen molar-refractivity contribution in [1.82, 2.24) is 24.3 Å². The highest BCUT2D eigenvalue weighted by atomic mass is 19.1. The summed E-state index contributed by atoms with van der Waals surface area (Å²) in [6.07, 6.45) is 4.15. The number of hydrogen-bond donors (Lipinski definition) is 1. The molecule has 0 aliphatic rings. The van der Waals surface area contributed by atoms with Gasteiger partial charge in [0.05, 0.1) is 23.0 Å². The lowest BCUT2D eigenvalue weighted by Gasteiger charge is -2.16. The summed E-state index contributed by atoms with van der Waals surface area (Å²) in [6, 6.07) is 9.36. The molecule has 2 N–H and O–H groups in total. The van der Waals surface area contributed by atoms with Gasteiger partial charge in [-0.15, -0.1) is 0 Å². The van der Waals surface area contributed by atoms with Crippen LogP contribution in [0.1, 0.15) is 30.8 Å². The second-order valence-corrected chi connectivity index (χ2v) is 7.32. The first kappa shape index (κ1) is 20.9. The van der Waals surface area contributed by atoms with Crippen LogP contribution in [0.25, 0.3) is 27.5 Å². The number of benzene rings is 1. The molecule has 1 aromatic carbocycles.